The third-order valence-electron chi connectivity index (χ3n) is 5.37. The van der Waals surface area contributed by atoms with E-state index in [1.807, 2.05) is 34.9 Å². The molecule has 0 saturated carbocycles. The summed E-state index contributed by atoms with van der Waals surface area (Å²) >= 11 is 0. The van der Waals surface area contributed by atoms with Gasteiger partial charge in [0.25, 0.3) is 5.91 Å². The third-order valence-corrected chi connectivity index (χ3v) is 5.37. The van der Waals surface area contributed by atoms with Crippen LogP contribution in [-0.2, 0) is 9.59 Å². The van der Waals surface area contributed by atoms with E-state index in [2.05, 4.69) is 19.2 Å². The fourth-order valence-electron chi connectivity index (χ4n) is 3.77. The van der Waals surface area contributed by atoms with E-state index < -0.39 is 0 Å². The van der Waals surface area contributed by atoms with Gasteiger partial charge in [0.05, 0.1) is 0 Å². The van der Waals surface area contributed by atoms with Crippen LogP contribution in [0, 0.1) is 6.92 Å². The molecule has 1 aliphatic rings. The molecule has 1 heterocycles. The predicted octanol–water partition coefficient (Wildman–Crippen LogP) is 3.99. The molecule has 6 heteroatoms. The van der Waals surface area contributed by atoms with E-state index in [0.717, 1.165) is 57.4 Å². The van der Waals surface area contributed by atoms with Crippen LogP contribution in [0.5, 0.6) is 0 Å². The lowest BCUT2D eigenvalue weighted by atomic mass is 10.1. The lowest BCUT2D eigenvalue weighted by Gasteiger charge is -2.21. The van der Waals surface area contributed by atoms with Gasteiger partial charge < -0.3 is 15.1 Å². The van der Waals surface area contributed by atoms with Crippen LogP contribution in [0.1, 0.15) is 74.7 Å². The third kappa shape index (κ3) is 6.58. The Hall–Kier alpha value is -2.37. The molecule has 0 atom stereocenters. The molecule has 0 aliphatic carbocycles. The van der Waals surface area contributed by atoms with E-state index in [0.29, 0.717) is 30.5 Å². The second kappa shape index (κ2) is 11.6. The molecule has 0 unspecified atom stereocenters. The number of carbonyl (C=O) groups is 3. The number of nitrogens with zero attached hydrogens (tertiary/aromatic N) is 2. The summed E-state index contributed by atoms with van der Waals surface area (Å²) < 4.78 is 0. The van der Waals surface area contributed by atoms with Crippen molar-refractivity contribution in [3.05, 3.63) is 29.3 Å². The van der Waals surface area contributed by atoms with Crippen LogP contribution < -0.4 is 5.32 Å². The summed E-state index contributed by atoms with van der Waals surface area (Å²) in [6.07, 6.45) is 5.19. The minimum absolute atomic E-state index is 0.0358. The van der Waals surface area contributed by atoms with Gasteiger partial charge in [-0.1, -0.05) is 19.9 Å². The lowest BCUT2D eigenvalue weighted by molar-refractivity contribution is -0.131. The average Bonchev–Trinajstić information content (AvgIpc) is 3.23. The van der Waals surface area contributed by atoms with Crippen molar-refractivity contribution in [1.29, 1.82) is 0 Å². The first-order chi connectivity index (χ1) is 14.0. The molecule has 1 saturated heterocycles. The van der Waals surface area contributed by atoms with E-state index in [-0.39, 0.29) is 17.7 Å². The number of anilines is 1. The van der Waals surface area contributed by atoms with Gasteiger partial charge in [-0.2, -0.15) is 0 Å². The molecule has 6 nitrogen and oxygen atoms in total. The maximum atomic E-state index is 12.7. The molecular formula is C23H35N3O3. The number of carbonyl (C=O) groups excluding carboxylic acids is 3. The van der Waals surface area contributed by atoms with Gasteiger partial charge in [-0.25, -0.2) is 0 Å². The highest BCUT2D eigenvalue weighted by Gasteiger charge is 2.22. The van der Waals surface area contributed by atoms with E-state index in [4.69, 9.17) is 0 Å². The Kier molecular flexibility index (Phi) is 9.16. The van der Waals surface area contributed by atoms with Gasteiger partial charge in [0.2, 0.25) is 11.8 Å². The number of amides is 3. The highest BCUT2D eigenvalue weighted by molar-refractivity contribution is 5.99. The number of likely N-dealkylation sites (tertiary alicyclic amines) is 1. The van der Waals surface area contributed by atoms with Gasteiger partial charge in [0, 0.05) is 50.3 Å². The van der Waals surface area contributed by atoms with Crippen LogP contribution in [-0.4, -0.2) is 53.7 Å². The molecule has 1 N–H and O–H groups in total. The van der Waals surface area contributed by atoms with Gasteiger partial charge in [-0.15, -0.1) is 0 Å². The molecule has 0 spiro atoms. The van der Waals surface area contributed by atoms with Crippen molar-refractivity contribution in [2.45, 2.75) is 65.7 Å². The molecule has 29 heavy (non-hydrogen) atoms. The largest absolute Gasteiger partial charge is 0.343 e. The number of rotatable bonds is 10. The molecule has 1 aliphatic heterocycles. The standard InChI is InChI=1S/C23H35N3O3/c1-4-14-25(15-5-2)22(28)13-9-12-21(27)24-20-11-8-10-19(18(20)3)23(29)26-16-6-7-17-26/h8,10-11H,4-7,9,12-17H2,1-3H3,(H,24,27). The first-order valence-electron chi connectivity index (χ1n) is 10.9. The summed E-state index contributed by atoms with van der Waals surface area (Å²) in [6, 6.07) is 5.45. The molecule has 0 radical (unpaired) electrons. The van der Waals surface area contributed by atoms with E-state index in [1.165, 1.54) is 0 Å². The minimum atomic E-state index is -0.121. The molecule has 1 aromatic carbocycles. The van der Waals surface area contributed by atoms with Crippen LogP contribution in [0.25, 0.3) is 0 Å². The van der Waals surface area contributed by atoms with Crippen LogP contribution in [0.3, 0.4) is 0 Å². The minimum Gasteiger partial charge on any atom is -0.343 e. The first kappa shape index (κ1) is 22.9. The van der Waals surface area contributed by atoms with Crippen LogP contribution in [0.4, 0.5) is 5.69 Å². The zero-order chi connectivity index (χ0) is 21.2. The van der Waals surface area contributed by atoms with Gasteiger partial charge in [0.1, 0.15) is 0 Å². The molecule has 3 amide bonds. The van der Waals surface area contributed by atoms with Crippen molar-refractivity contribution in [2.75, 3.05) is 31.5 Å². The van der Waals surface area contributed by atoms with Gasteiger partial charge in [-0.05, 0) is 56.7 Å². The van der Waals surface area contributed by atoms with Crippen LogP contribution in [0.2, 0.25) is 0 Å². The van der Waals surface area contributed by atoms with Crippen LogP contribution in [0.15, 0.2) is 18.2 Å². The summed E-state index contributed by atoms with van der Waals surface area (Å²) in [5.74, 6) is 0.0359. The van der Waals surface area contributed by atoms with E-state index in [9.17, 15) is 14.4 Å². The summed E-state index contributed by atoms with van der Waals surface area (Å²) in [7, 11) is 0. The van der Waals surface area contributed by atoms with Crippen molar-refractivity contribution in [3.63, 3.8) is 0 Å². The Morgan fingerprint density at radius 1 is 1.03 bits per heavy atom. The Balaban J connectivity index is 1.88. The number of benzene rings is 1. The fourth-order valence-corrected chi connectivity index (χ4v) is 3.77. The topological polar surface area (TPSA) is 69.7 Å². The van der Waals surface area contributed by atoms with Crippen molar-refractivity contribution in [2.24, 2.45) is 0 Å². The van der Waals surface area contributed by atoms with E-state index >= 15 is 0 Å². The number of nitrogens with one attached hydrogen (secondary N) is 1. The van der Waals surface area contributed by atoms with Crippen molar-refractivity contribution in [1.82, 2.24) is 9.80 Å². The Labute approximate surface area is 174 Å². The normalized spacial score (nSPS) is 13.4. The monoisotopic (exact) mass is 401 g/mol. The predicted molar refractivity (Wildman–Crippen MR) is 116 cm³/mol. The fraction of sp³-hybridized carbons (Fsp3) is 0.609. The number of hydrogen-bond donors (Lipinski definition) is 1. The molecule has 160 valence electrons. The second-order valence-electron chi connectivity index (χ2n) is 7.76. The maximum absolute atomic E-state index is 12.7. The molecular weight excluding hydrogens is 366 g/mol. The van der Waals surface area contributed by atoms with Crippen LogP contribution >= 0.6 is 0 Å². The van der Waals surface area contributed by atoms with Gasteiger partial charge >= 0.3 is 0 Å². The highest BCUT2D eigenvalue weighted by atomic mass is 16.2. The quantitative estimate of drug-likeness (QED) is 0.644. The zero-order valence-corrected chi connectivity index (χ0v) is 18.1. The van der Waals surface area contributed by atoms with Crippen molar-refractivity contribution >= 4 is 23.4 Å². The Morgan fingerprint density at radius 3 is 2.31 bits per heavy atom. The molecule has 0 aromatic heterocycles. The average molecular weight is 402 g/mol. The van der Waals surface area contributed by atoms with Gasteiger partial charge in [0.15, 0.2) is 0 Å². The smallest absolute Gasteiger partial charge is 0.254 e. The van der Waals surface area contributed by atoms with Crippen molar-refractivity contribution in [3.8, 4) is 0 Å². The first-order valence-corrected chi connectivity index (χ1v) is 10.9. The Bertz CT molecular complexity index is 705. The Morgan fingerprint density at radius 2 is 1.69 bits per heavy atom. The summed E-state index contributed by atoms with van der Waals surface area (Å²) in [6.45, 7) is 9.15. The van der Waals surface area contributed by atoms with Crippen molar-refractivity contribution < 1.29 is 14.4 Å². The summed E-state index contributed by atoms with van der Waals surface area (Å²) in [5.41, 5.74) is 2.12. The number of hydrogen-bond acceptors (Lipinski definition) is 3. The highest BCUT2D eigenvalue weighted by Crippen LogP contribution is 2.22. The molecule has 1 aromatic rings. The van der Waals surface area contributed by atoms with Gasteiger partial charge in [-0.3, -0.25) is 14.4 Å². The molecule has 1 fully saturated rings. The summed E-state index contributed by atoms with van der Waals surface area (Å²) in [4.78, 5) is 41.1. The molecule has 0 bridgehead atoms. The zero-order valence-electron chi connectivity index (χ0n) is 18.1. The summed E-state index contributed by atoms with van der Waals surface area (Å²) in [5, 5.41) is 2.91. The lowest BCUT2D eigenvalue weighted by Crippen LogP contribution is -2.32. The molecule has 2 rings (SSSR count). The van der Waals surface area contributed by atoms with E-state index in [1.54, 1.807) is 0 Å². The second-order valence-corrected chi connectivity index (χ2v) is 7.76. The maximum Gasteiger partial charge on any atom is 0.254 e. The SMILES string of the molecule is CCCN(CCC)C(=O)CCCC(=O)Nc1cccc(C(=O)N2CCCC2)c1C.